The highest BCUT2D eigenvalue weighted by molar-refractivity contribution is 5.88. The third-order valence-corrected chi connectivity index (χ3v) is 5.82. The van der Waals surface area contributed by atoms with Crippen LogP contribution < -0.4 is 10.2 Å². The molecule has 0 aliphatic heterocycles. The monoisotopic (exact) mass is 445 g/mol. The Labute approximate surface area is 190 Å². The van der Waals surface area contributed by atoms with Crippen LogP contribution in [-0.4, -0.2) is 28.8 Å². The molecule has 0 spiro atoms. The van der Waals surface area contributed by atoms with Gasteiger partial charge in [0, 0.05) is 17.0 Å². The van der Waals surface area contributed by atoms with Crippen LogP contribution in [-0.2, 0) is 10.2 Å². The second-order valence-electron chi connectivity index (χ2n) is 7.77. The first-order valence-electron chi connectivity index (χ1n) is 10.6. The molecule has 1 atom stereocenters. The maximum absolute atomic E-state index is 13.0. The molecule has 33 heavy (non-hydrogen) atoms. The van der Waals surface area contributed by atoms with Gasteiger partial charge in [0.25, 0.3) is 0 Å². The molecule has 2 N–H and O–H groups in total. The molecule has 4 rings (SSSR count). The van der Waals surface area contributed by atoms with Crippen LogP contribution in [0.1, 0.15) is 30.0 Å². The second-order valence-corrected chi connectivity index (χ2v) is 7.77. The van der Waals surface area contributed by atoms with Crippen molar-refractivity contribution in [1.29, 1.82) is 0 Å². The highest BCUT2D eigenvalue weighted by Gasteiger charge is 2.60. The van der Waals surface area contributed by atoms with Crippen molar-refractivity contribution >= 4 is 17.8 Å². The number of carbonyl (C=O) groups excluding carboxylic acids is 1. The Bertz CT molecular complexity index is 1160. The summed E-state index contributed by atoms with van der Waals surface area (Å²) in [5, 5.41) is 25.2. The lowest BCUT2D eigenvalue weighted by Gasteiger charge is -2.18. The van der Waals surface area contributed by atoms with Gasteiger partial charge in [-0.2, -0.15) is 5.10 Å². The molecule has 168 valence electrons. The van der Waals surface area contributed by atoms with Gasteiger partial charge >= 0.3 is 5.69 Å². The number of nitrogens with one attached hydrogen (secondary N) is 1. The van der Waals surface area contributed by atoms with E-state index in [0.717, 1.165) is 11.1 Å². The molecule has 1 amide bonds. The molecule has 1 fully saturated rings. The number of phenolic OH excluding ortho intramolecular Hbond substituents is 1. The van der Waals surface area contributed by atoms with Crippen LogP contribution in [0.5, 0.6) is 11.5 Å². The van der Waals surface area contributed by atoms with Crippen molar-refractivity contribution in [3.63, 3.8) is 0 Å². The van der Waals surface area contributed by atoms with E-state index in [4.69, 9.17) is 4.74 Å². The van der Waals surface area contributed by atoms with Gasteiger partial charge in [-0.3, -0.25) is 14.9 Å². The van der Waals surface area contributed by atoms with Crippen LogP contribution in [0.15, 0.2) is 77.9 Å². The standard InChI is InChI=1S/C25H23N3O5/c1-2-33-22-14-17(13-21(23(22)29)28(31)32)16-26-27-24(30)20-15-25(20,18-9-5-3-6-10-18)19-11-7-4-8-12-19/h3-14,16,20,29H,2,15H2,1H3,(H,27,30). The predicted octanol–water partition coefficient (Wildman–Crippen LogP) is 4.16. The van der Waals surface area contributed by atoms with Gasteiger partial charge in [0.1, 0.15) is 0 Å². The Morgan fingerprint density at radius 1 is 1.18 bits per heavy atom. The summed E-state index contributed by atoms with van der Waals surface area (Å²) in [5.41, 5.74) is 4.09. The van der Waals surface area contributed by atoms with Crippen molar-refractivity contribution in [2.24, 2.45) is 11.0 Å². The molecule has 0 heterocycles. The highest BCUT2D eigenvalue weighted by atomic mass is 16.6. The fraction of sp³-hybridized carbons (Fsp3) is 0.200. The predicted molar refractivity (Wildman–Crippen MR) is 123 cm³/mol. The lowest BCUT2D eigenvalue weighted by Crippen LogP contribution is -2.25. The number of benzene rings is 3. The quantitative estimate of drug-likeness (QED) is 0.307. The average Bonchev–Trinajstić information content (AvgIpc) is 3.59. The van der Waals surface area contributed by atoms with Crippen LogP contribution in [0, 0.1) is 16.0 Å². The van der Waals surface area contributed by atoms with E-state index in [0.29, 0.717) is 12.0 Å². The van der Waals surface area contributed by atoms with Gasteiger partial charge in [0.15, 0.2) is 5.75 Å². The first-order valence-corrected chi connectivity index (χ1v) is 10.6. The minimum Gasteiger partial charge on any atom is -0.500 e. The molecule has 8 nitrogen and oxygen atoms in total. The summed E-state index contributed by atoms with van der Waals surface area (Å²) < 4.78 is 5.27. The fourth-order valence-corrected chi connectivity index (χ4v) is 4.20. The highest BCUT2D eigenvalue weighted by Crippen LogP contribution is 2.58. The summed E-state index contributed by atoms with van der Waals surface area (Å²) in [6.45, 7) is 1.93. The summed E-state index contributed by atoms with van der Waals surface area (Å²) >= 11 is 0. The third kappa shape index (κ3) is 4.27. The van der Waals surface area contributed by atoms with Crippen LogP contribution in [0.4, 0.5) is 5.69 Å². The normalized spacial score (nSPS) is 16.3. The molecule has 0 aromatic heterocycles. The van der Waals surface area contributed by atoms with E-state index >= 15 is 0 Å². The zero-order chi connectivity index (χ0) is 23.4. The lowest BCUT2D eigenvalue weighted by atomic mass is 9.85. The van der Waals surface area contributed by atoms with Crippen LogP contribution in [0.3, 0.4) is 0 Å². The van der Waals surface area contributed by atoms with E-state index in [1.165, 1.54) is 18.3 Å². The molecular weight excluding hydrogens is 422 g/mol. The number of nitro groups is 1. The summed E-state index contributed by atoms with van der Waals surface area (Å²) in [6, 6.07) is 22.4. The molecular formula is C25H23N3O5. The van der Waals surface area contributed by atoms with Crippen molar-refractivity contribution in [1.82, 2.24) is 5.43 Å². The van der Waals surface area contributed by atoms with Crippen molar-refractivity contribution < 1.29 is 19.6 Å². The van der Waals surface area contributed by atoms with Crippen molar-refractivity contribution in [3.8, 4) is 11.5 Å². The first-order chi connectivity index (χ1) is 16.0. The Morgan fingerprint density at radius 3 is 2.33 bits per heavy atom. The van der Waals surface area contributed by atoms with Crippen molar-refractivity contribution in [3.05, 3.63) is 99.6 Å². The fourth-order valence-electron chi connectivity index (χ4n) is 4.20. The second kappa shape index (κ2) is 9.12. The number of nitro benzene ring substituents is 1. The number of hydrogen-bond donors (Lipinski definition) is 2. The van der Waals surface area contributed by atoms with E-state index in [-0.39, 0.29) is 24.2 Å². The molecule has 3 aromatic carbocycles. The Morgan fingerprint density at radius 2 is 1.79 bits per heavy atom. The number of carbonyl (C=O) groups is 1. The number of aromatic hydroxyl groups is 1. The van der Waals surface area contributed by atoms with Gasteiger partial charge in [-0.25, -0.2) is 5.43 Å². The first kappa shape index (κ1) is 22.0. The van der Waals surface area contributed by atoms with Crippen LogP contribution in [0.2, 0.25) is 0 Å². The van der Waals surface area contributed by atoms with Gasteiger partial charge in [-0.05, 0) is 30.5 Å². The number of phenols is 1. The lowest BCUT2D eigenvalue weighted by molar-refractivity contribution is -0.386. The SMILES string of the molecule is CCOc1cc(C=NNC(=O)C2CC2(c2ccccc2)c2ccccc2)cc([N+](=O)[O-])c1O. The molecule has 8 heteroatoms. The summed E-state index contributed by atoms with van der Waals surface area (Å²) in [4.78, 5) is 23.5. The summed E-state index contributed by atoms with van der Waals surface area (Å²) in [6.07, 6.45) is 1.95. The maximum atomic E-state index is 13.0. The Balaban J connectivity index is 1.54. The number of hydrazone groups is 1. The largest absolute Gasteiger partial charge is 0.500 e. The molecule has 1 aliphatic rings. The molecule has 0 radical (unpaired) electrons. The van der Waals surface area contributed by atoms with Gasteiger partial charge in [-0.1, -0.05) is 60.7 Å². The maximum Gasteiger partial charge on any atom is 0.315 e. The van der Waals surface area contributed by atoms with Crippen molar-refractivity contribution in [2.75, 3.05) is 6.61 Å². The number of hydrogen-bond acceptors (Lipinski definition) is 6. The molecule has 1 aliphatic carbocycles. The number of amides is 1. The van der Waals surface area contributed by atoms with Crippen LogP contribution >= 0.6 is 0 Å². The Hall–Kier alpha value is -4.20. The zero-order valence-electron chi connectivity index (χ0n) is 18.0. The van der Waals surface area contributed by atoms with Crippen LogP contribution in [0.25, 0.3) is 0 Å². The smallest absolute Gasteiger partial charge is 0.315 e. The van der Waals surface area contributed by atoms with Gasteiger partial charge in [0.2, 0.25) is 11.7 Å². The average molecular weight is 445 g/mol. The summed E-state index contributed by atoms with van der Waals surface area (Å²) in [5.74, 6) is -1.10. The molecule has 0 bridgehead atoms. The summed E-state index contributed by atoms with van der Waals surface area (Å²) in [7, 11) is 0. The van der Waals surface area contributed by atoms with Gasteiger partial charge < -0.3 is 9.84 Å². The Kier molecular flexibility index (Phi) is 6.08. The van der Waals surface area contributed by atoms with E-state index < -0.39 is 21.8 Å². The minimum absolute atomic E-state index is 0.0196. The molecule has 1 saturated carbocycles. The molecule has 0 saturated heterocycles. The molecule has 3 aromatic rings. The van der Waals surface area contributed by atoms with E-state index in [9.17, 15) is 20.0 Å². The number of ether oxygens (including phenoxy) is 1. The van der Waals surface area contributed by atoms with Gasteiger partial charge in [-0.15, -0.1) is 0 Å². The van der Waals surface area contributed by atoms with E-state index in [1.807, 2.05) is 60.7 Å². The zero-order valence-corrected chi connectivity index (χ0v) is 18.0. The number of rotatable bonds is 8. The third-order valence-electron chi connectivity index (χ3n) is 5.82. The minimum atomic E-state index is -0.702. The topological polar surface area (TPSA) is 114 Å². The van der Waals surface area contributed by atoms with Gasteiger partial charge in [0.05, 0.1) is 23.7 Å². The van der Waals surface area contributed by atoms with E-state index in [1.54, 1.807) is 6.92 Å². The number of nitrogens with zero attached hydrogens (tertiary/aromatic N) is 2. The van der Waals surface area contributed by atoms with Crippen molar-refractivity contribution in [2.45, 2.75) is 18.8 Å². The molecule has 1 unspecified atom stereocenters. The van der Waals surface area contributed by atoms with E-state index in [2.05, 4.69) is 10.5 Å².